The standard InChI is InChI=1S/C12H18N2/c1-9(2)10-5-7-13-8-11(10)12-4-3-6-14-12/h5,7-9,12,14H,3-4,6H2,1-2H3. The first kappa shape index (κ1) is 9.66. The third-order valence-electron chi connectivity index (χ3n) is 2.94. The van der Waals surface area contributed by atoms with Gasteiger partial charge in [0, 0.05) is 18.4 Å². The summed E-state index contributed by atoms with van der Waals surface area (Å²) in [6.07, 6.45) is 6.47. The van der Waals surface area contributed by atoms with Gasteiger partial charge in [-0.25, -0.2) is 0 Å². The minimum Gasteiger partial charge on any atom is -0.310 e. The van der Waals surface area contributed by atoms with Crippen molar-refractivity contribution in [3.05, 3.63) is 29.6 Å². The zero-order valence-electron chi connectivity index (χ0n) is 8.96. The molecule has 2 heterocycles. The van der Waals surface area contributed by atoms with Crippen LogP contribution in [-0.4, -0.2) is 11.5 Å². The maximum absolute atomic E-state index is 4.23. The Morgan fingerprint density at radius 2 is 2.36 bits per heavy atom. The highest BCUT2D eigenvalue weighted by Gasteiger charge is 2.19. The summed E-state index contributed by atoms with van der Waals surface area (Å²) in [5.74, 6) is 0.593. The Labute approximate surface area is 85.7 Å². The highest BCUT2D eigenvalue weighted by molar-refractivity contribution is 5.29. The minimum atomic E-state index is 0.543. The van der Waals surface area contributed by atoms with Crippen molar-refractivity contribution in [2.75, 3.05) is 6.54 Å². The Morgan fingerprint density at radius 1 is 1.50 bits per heavy atom. The summed E-state index contributed by atoms with van der Waals surface area (Å²) in [6.45, 7) is 5.64. The predicted molar refractivity (Wildman–Crippen MR) is 58.3 cm³/mol. The van der Waals surface area contributed by atoms with Crippen LogP contribution in [0.1, 0.15) is 49.8 Å². The van der Waals surface area contributed by atoms with E-state index in [-0.39, 0.29) is 0 Å². The van der Waals surface area contributed by atoms with Crippen LogP contribution < -0.4 is 5.32 Å². The molecule has 2 heteroatoms. The molecule has 0 aliphatic carbocycles. The molecule has 1 aliphatic heterocycles. The van der Waals surface area contributed by atoms with E-state index in [4.69, 9.17) is 0 Å². The fourth-order valence-corrected chi connectivity index (χ4v) is 2.18. The molecule has 1 atom stereocenters. The molecule has 1 unspecified atom stereocenters. The van der Waals surface area contributed by atoms with Gasteiger partial charge in [0.1, 0.15) is 0 Å². The molecule has 14 heavy (non-hydrogen) atoms. The van der Waals surface area contributed by atoms with Crippen LogP contribution in [0, 0.1) is 0 Å². The number of hydrogen-bond acceptors (Lipinski definition) is 2. The zero-order chi connectivity index (χ0) is 9.97. The molecule has 1 saturated heterocycles. The normalized spacial score (nSPS) is 21.8. The molecule has 0 amide bonds. The smallest absolute Gasteiger partial charge is 0.0338 e. The van der Waals surface area contributed by atoms with Crippen molar-refractivity contribution in [1.82, 2.24) is 10.3 Å². The summed E-state index contributed by atoms with van der Waals surface area (Å²) in [4.78, 5) is 4.23. The molecule has 1 fully saturated rings. The van der Waals surface area contributed by atoms with Crippen LogP contribution in [0.15, 0.2) is 18.5 Å². The van der Waals surface area contributed by atoms with Crippen molar-refractivity contribution in [2.24, 2.45) is 0 Å². The maximum atomic E-state index is 4.23. The van der Waals surface area contributed by atoms with Gasteiger partial charge in [0.2, 0.25) is 0 Å². The van der Waals surface area contributed by atoms with E-state index < -0.39 is 0 Å². The number of nitrogens with one attached hydrogen (secondary N) is 1. The Bertz CT molecular complexity index is 301. The number of pyridine rings is 1. The van der Waals surface area contributed by atoms with Crippen molar-refractivity contribution in [3.63, 3.8) is 0 Å². The SMILES string of the molecule is CC(C)c1ccncc1C1CCCN1. The van der Waals surface area contributed by atoms with Crippen molar-refractivity contribution < 1.29 is 0 Å². The average Bonchev–Trinajstić information content (AvgIpc) is 2.70. The van der Waals surface area contributed by atoms with Crippen LogP contribution in [0.3, 0.4) is 0 Å². The molecule has 1 aromatic rings. The molecule has 2 nitrogen and oxygen atoms in total. The van der Waals surface area contributed by atoms with E-state index in [1.165, 1.54) is 24.0 Å². The lowest BCUT2D eigenvalue weighted by atomic mass is 9.94. The molecular weight excluding hydrogens is 172 g/mol. The third kappa shape index (κ3) is 1.80. The van der Waals surface area contributed by atoms with Gasteiger partial charge in [-0.15, -0.1) is 0 Å². The molecule has 1 aromatic heterocycles. The van der Waals surface area contributed by atoms with E-state index in [9.17, 15) is 0 Å². The first-order valence-electron chi connectivity index (χ1n) is 5.46. The highest BCUT2D eigenvalue weighted by Crippen LogP contribution is 2.29. The molecular formula is C12H18N2. The van der Waals surface area contributed by atoms with Crippen LogP contribution in [0.4, 0.5) is 0 Å². The largest absolute Gasteiger partial charge is 0.310 e. The summed E-state index contributed by atoms with van der Waals surface area (Å²) < 4.78 is 0. The van der Waals surface area contributed by atoms with E-state index in [1.807, 2.05) is 12.4 Å². The van der Waals surface area contributed by atoms with Crippen LogP contribution in [0.5, 0.6) is 0 Å². The lowest BCUT2D eigenvalue weighted by Gasteiger charge is -2.17. The molecule has 1 aliphatic rings. The third-order valence-corrected chi connectivity index (χ3v) is 2.94. The van der Waals surface area contributed by atoms with Crippen LogP contribution in [0.25, 0.3) is 0 Å². The van der Waals surface area contributed by atoms with E-state index in [0.717, 1.165) is 6.54 Å². The zero-order valence-corrected chi connectivity index (χ0v) is 8.96. The summed E-state index contributed by atoms with van der Waals surface area (Å²) >= 11 is 0. The Morgan fingerprint density at radius 3 is 3.00 bits per heavy atom. The van der Waals surface area contributed by atoms with Crippen LogP contribution in [0.2, 0.25) is 0 Å². The van der Waals surface area contributed by atoms with Crippen molar-refractivity contribution in [2.45, 2.75) is 38.6 Å². The Kier molecular flexibility index (Phi) is 2.82. The van der Waals surface area contributed by atoms with E-state index >= 15 is 0 Å². The summed E-state index contributed by atoms with van der Waals surface area (Å²) in [5.41, 5.74) is 2.85. The monoisotopic (exact) mass is 190 g/mol. The molecule has 0 bridgehead atoms. The average molecular weight is 190 g/mol. The van der Waals surface area contributed by atoms with Crippen LogP contribution >= 0.6 is 0 Å². The number of aromatic nitrogens is 1. The van der Waals surface area contributed by atoms with Gasteiger partial charge in [-0.1, -0.05) is 13.8 Å². The molecule has 0 saturated carbocycles. The first-order valence-corrected chi connectivity index (χ1v) is 5.46. The van der Waals surface area contributed by atoms with E-state index in [0.29, 0.717) is 12.0 Å². The lowest BCUT2D eigenvalue weighted by Crippen LogP contribution is -2.15. The molecule has 0 radical (unpaired) electrons. The van der Waals surface area contributed by atoms with Gasteiger partial charge in [-0.2, -0.15) is 0 Å². The fraction of sp³-hybridized carbons (Fsp3) is 0.583. The molecule has 76 valence electrons. The predicted octanol–water partition coefficient (Wildman–Crippen LogP) is 2.63. The topological polar surface area (TPSA) is 24.9 Å². The summed E-state index contributed by atoms with van der Waals surface area (Å²) in [6, 6.07) is 2.70. The van der Waals surface area contributed by atoms with Gasteiger partial charge in [-0.05, 0) is 42.5 Å². The quantitative estimate of drug-likeness (QED) is 0.775. The molecule has 0 spiro atoms. The fourth-order valence-electron chi connectivity index (χ4n) is 2.18. The highest BCUT2D eigenvalue weighted by atomic mass is 14.9. The molecule has 1 N–H and O–H groups in total. The Balaban J connectivity index is 2.30. The minimum absolute atomic E-state index is 0.543. The lowest BCUT2D eigenvalue weighted by molar-refractivity contribution is 0.630. The van der Waals surface area contributed by atoms with Gasteiger partial charge >= 0.3 is 0 Å². The number of rotatable bonds is 2. The van der Waals surface area contributed by atoms with Crippen LogP contribution in [-0.2, 0) is 0 Å². The van der Waals surface area contributed by atoms with Crippen molar-refractivity contribution >= 4 is 0 Å². The van der Waals surface area contributed by atoms with E-state index in [2.05, 4.69) is 30.2 Å². The van der Waals surface area contributed by atoms with Gasteiger partial charge < -0.3 is 5.32 Å². The Hall–Kier alpha value is -0.890. The van der Waals surface area contributed by atoms with E-state index in [1.54, 1.807) is 0 Å². The second-order valence-electron chi connectivity index (χ2n) is 4.31. The number of nitrogens with zero attached hydrogens (tertiary/aromatic N) is 1. The summed E-state index contributed by atoms with van der Waals surface area (Å²) in [5, 5.41) is 3.53. The second-order valence-corrected chi connectivity index (χ2v) is 4.31. The maximum Gasteiger partial charge on any atom is 0.0338 e. The molecule has 2 rings (SSSR count). The first-order chi connectivity index (χ1) is 6.79. The molecule has 0 aromatic carbocycles. The van der Waals surface area contributed by atoms with Gasteiger partial charge in [0.05, 0.1) is 0 Å². The van der Waals surface area contributed by atoms with Gasteiger partial charge in [0.25, 0.3) is 0 Å². The number of hydrogen-bond donors (Lipinski definition) is 1. The van der Waals surface area contributed by atoms with Gasteiger partial charge in [0.15, 0.2) is 0 Å². The summed E-state index contributed by atoms with van der Waals surface area (Å²) in [7, 11) is 0. The van der Waals surface area contributed by atoms with Crippen molar-refractivity contribution in [3.8, 4) is 0 Å². The van der Waals surface area contributed by atoms with Crippen molar-refractivity contribution in [1.29, 1.82) is 0 Å². The van der Waals surface area contributed by atoms with Gasteiger partial charge in [-0.3, -0.25) is 4.98 Å². The second kappa shape index (κ2) is 4.09.